The van der Waals surface area contributed by atoms with Crippen molar-refractivity contribution >= 4 is 27.8 Å². The second-order valence-electron chi connectivity index (χ2n) is 9.30. The molecule has 0 atom stereocenters. The van der Waals surface area contributed by atoms with E-state index in [1.165, 1.54) is 16.5 Å². The summed E-state index contributed by atoms with van der Waals surface area (Å²) in [7, 11) is 0. The van der Waals surface area contributed by atoms with Crippen molar-refractivity contribution in [3.8, 4) is 5.75 Å². The fourth-order valence-corrected chi connectivity index (χ4v) is 4.86. The van der Waals surface area contributed by atoms with E-state index in [9.17, 15) is 4.79 Å². The van der Waals surface area contributed by atoms with Gasteiger partial charge in [-0.15, -0.1) is 0 Å². The van der Waals surface area contributed by atoms with Crippen LogP contribution in [0.25, 0.3) is 21.9 Å². The van der Waals surface area contributed by atoms with E-state index in [2.05, 4.69) is 54.4 Å². The molecule has 5 heteroatoms. The maximum absolute atomic E-state index is 11.0. The molecule has 2 heterocycles. The number of carboxylic acid groups (broad SMARTS) is 1. The lowest BCUT2D eigenvalue weighted by Crippen LogP contribution is -2.04. The van der Waals surface area contributed by atoms with Gasteiger partial charge in [-0.05, 0) is 71.7 Å². The first-order valence-electron chi connectivity index (χ1n) is 12.6. The van der Waals surface area contributed by atoms with E-state index in [4.69, 9.17) is 14.3 Å². The fourth-order valence-electron chi connectivity index (χ4n) is 4.86. The lowest BCUT2D eigenvalue weighted by atomic mass is 10.0. The molecule has 2 aromatic heterocycles. The first-order valence-corrected chi connectivity index (χ1v) is 12.6. The van der Waals surface area contributed by atoms with Crippen LogP contribution in [0.4, 0.5) is 0 Å². The molecule has 36 heavy (non-hydrogen) atoms. The van der Waals surface area contributed by atoms with Gasteiger partial charge in [-0.2, -0.15) is 0 Å². The zero-order chi connectivity index (χ0) is 24.9. The van der Waals surface area contributed by atoms with Crippen LogP contribution in [-0.2, 0) is 36.9 Å². The minimum Gasteiger partial charge on any atom is -0.493 e. The molecular weight excluding hydrogens is 450 g/mol. The number of nitrogens with one attached hydrogen (secondary N) is 1. The van der Waals surface area contributed by atoms with E-state index in [0.29, 0.717) is 6.61 Å². The maximum atomic E-state index is 11.0. The summed E-state index contributed by atoms with van der Waals surface area (Å²) in [5, 5.41) is 11.2. The summed E-state index contributed by atoms with van der Waals surface area (Å²) in [6.45, 7) is 2.71. The van der Waals surface area contributed by atoms with Gasteiger partial charge in [0.2, 0.25) is 0 Å². The van der Waals surface area contributed by atoms with E-state index >= 15 is 0 Å². The normalized spacial score (nSPS) is 11.4. The highest BCUT2D eigenvalue weighted by atomic mass is 16.5. The number of hydrogen-bond donors (Lipinski definition) is 2. The summed E-state index contributed by atoms with van der Waals surface area (Å²) in [6, 6.07) is 22.6. The van der Waals surface area contributed by atoms with Crippen LogP contribution in [0.2, 0.25) is 0 Å². The third-order valence-electron chi connectivity index (χ3n) is 6.63. The van der Waals surface area contributed by atoms with Gasteiger partial charge in [-0.25, -0.2) is 0 Å². The first kappa shape index (κ1) is 23.7. The Hall–Kier alpha value is -3.99. The van der Waals surface area contributed by atoms with Gasteiger partial charge in [0.1, 0.15) is 11.3 Å². The van der Waals surface area contributed by atoms with Gasteiger partial charge >= 0.3 is 5.97 Å². The molecule has 0 unspecified atom stereocenters. The number of hydrogen-bond acceptors (Lipinski definition) is 3. The quantitative estimate of drug-likeness (QED) is 0.215. The number of carbonyl (C=O) groups is 1. The second-order valence-corrected chi connectivity index (χ2v) is 9.30. The Morgan fingerprint density at radius 2 is 1.81 bits per heavy atom. The van der Waals surface area contributed by atoms with E-state index in [0.717, 1.165) is 71.2 Å². The number of aryl methyl sites for hydroxylation is 3. The minimum absolute atomic E-state index is 0.0308. The fraction of sp³-hybridized carbons (Fsp3) is 0.258. The molecule has 0 amide bonds. The highest BCUT2D eigenvalue weighted by molar-refractivity contribution is 5.86. The van der Waals surface area contributed by atoms with Gasteiger partial charge in [0.25, 0.3) is 0 Å². The average molecular weight is 482 g/mol. The van der Waals surface area contributed by atoms with Gasteiger partial charge in [-0.1, -0.05) is 49.7 Å². The molecule has 0 radical (unpaired) electrons. The Morgan fingerprint density at radius 3 is 2.61 bits per heavy atom. The third-order valence-corrected chi connectivity index (χ3v) is 6.63. The Balaban J connectivity index is 1.28. The van der Waals surface area contributed by atoms with Gasteiger partial charge in [0.05, 0.1) is 19.3 Å². The average Bonchev–Trinajstić information content (AvgIpc) is 3.47. The topological polar surface area (TPSA) is 75.5 Å². The number of aromatic nitrogens is 1. The highest BCUT2D eigenvalue weighted by Crippen LogP contribution is 2.33. The van der Waals surface area contributed by atoms with Gasteiger partial charge in [0, 0.05) is 28.6 Å². The van der Waals surface area contributed by atoms with Crippen molar-refractivity contribution in [2.24, 2.45) is 0 Å². The summed E-state index contributed by atoms with van der Waals surface area (Å²) in [5.74, 6) is 0.0615. The van der Waals surface area contributed by atoms with Crippen molar-refractivity contribution in [2.45, 2.75) is 45.4 Å². The number of aliphatic carboxylic acids is 1. The lowest BCUT2D eigenvalue weighted by Gasteiger charge is -2.12. The highest BCUT2D eigenvalue weighted by Gasteiger charge is 2.15. The maximum Gasteiger partial charge on any atom is 0.307 e. The summed E-state index contributed by atoms with van der Waals surface area (Å²) in [4.78, 5) is 14.4. The number of fused-ring (bicyclic) bond motifs is 2. The Kier molecular flexibility index (Phi) is 7.08. The standard InChI is InChI=1S/C31H31NO4/c1-2-6-27-29(14-12-26-23(20-36-31(26)27)11-9-21-7-4-3-5-8-21)35-16-15-25-19-24-17-22(18-30(33)34)10-13-28(24)32-25/h3-5,7-8,10,12-14,17,19-20,32H,2,6,9,11,15-16,18H2,1H3,(H,33,34). The summed E-state index contributed by atoms with van der Waals surface area (Å²) in [5.41, 5.74) is 7.51. The van der Waals surface area contributed by atoms with Crippen molar-refractivity contribution in [3.63, 3.8) is 0 Å². The predicted molar refractivity (Wildman–Crippen MR) is 143 cm³/mol. The number of furan rings is 1. The van der Waals surface area contributed by atoms with Gasteiger partial charge < -0.3 is 19.2 Å². The van der Waals surface area contributed by atoms with Crippen LogP contribution >= 0.6 is 0 Å². The molecule has 0 spiro atoms. The Bertz CT molecular complexity index is 1480. The Morgan fingerprint density at radius 1 is 0.944 bits per heavy atom. The largest absolute Gasteiger partial charge is 0.493 e. The van der Waals surface area contributed by atoms with Crippen LogP contribution in [-0.4, -0.2) is 22.7 Å². The molecule has 3 aromatic carbocycles. The zero-order valence-corrected chi connectivity index (χ0v) is 20.5. The summed E-state index contributed by atoms with van der Waals surface area (Å²) < 4.78 is 12.3. The predicted octanol–water partition coefficient (Wildman–Crippen LogP) is 6.90. The van der Waals surface area contributed by atoms with Crippen LogP contribution < -0.4 is 4.74 Å². The number of benzene rings is 3. The van der Waals surface area contributed by atoms with E-state index in [-0.39, 0.29) is 6.42 Å². The molecule has 0 aliphatic carbocycles. The molecule has 0 fully saturated rings. The molecule has 5 aromatic rings. The smallest absolute Gasteiger partial charge is 0.307 e. The van der Waals surface area contributed by atoms with Crippen LogP contribution in [0, 0.1) is 0 Å². The molecule has 2 N–H and O–H groups in total. The monoisotopic (exact) mass is 481 g/mol. The van der Waals surface area contributed by atoms with E-state index in [1.54, 1.807) is 0 Å². The van der Waals surface area contributed by atoms with Gasteiger partial charge in [-0.3, -0.25) is 4.79 Å². The zero-order valence-electron chi connectivity index (χ0n) is 20.5. The number of aromatic amines is 1. The van der Waals surface area contributed by atoms with E-state index < -0.39 is 5.97 Å². The molecule has 0 aliphatic heterocycles. The third kappa shape index (κ3) is 5.30. The SMILES string of the molecule is CCCc1c(OCCc2cc3cc(CC(=O)O)ccc3[nH]2)ccc2c(CCc3ccccc3)coc12. The van der Waals surface area contributed by atoms with Crippen LogP contribution in [0.5, 0.6) is 5.75 Å². The minimum atomic E-state index is -0.821. The molecule has 0 saturated heterocycles. The lowest BCUT2D eigenvalue weighted by molar-refractivity contribution is -0.136. The number of ether oxygens (including phenoxy) is 1. The molecule has 0 aliphatic rings. The second kappa shape index (κ2) is 10.7. The molecule has 0 bridgehead atoms. The van der Waals surface area contributed by atoms with E-state index in [1.807, 2.05) is 30.5 Å². The number of carboxylic acids is 1. The van der Waals surface area contributed by atoms with Crippen molar-refractivity contribution in [3.05, 3.63) is 101 Å². The molecule has 184 valence electrons. The van der Waals surface area contributed by atoms with Crippen molar-refractivity contribution in [1.29, 1.82) is 0 Å². The van der Waals surface area contributed by atoms with Gasteiger partial charge in [0.15, 0.2) is 0 Å². The summed E-state index contributed by atoms with van der Waals surface area (Å²) >= 11 is 0. The molecular formula is C31H31NO4. The Labute approximate surface area is 210 Å². The van der Waals surface area contributed by atoms with Crippen molar-refractivity contribution < 1.29 is 19.1 Å². The number of H-pyrrole nitrogens is 1. The molecule has 5 rings (SSSR count). The number of rotatable bonds is 11. The van der Waals surface area contributed by atoms with Crippen LogP contribution in [0.3, 0.4) is 0 Å². The van der Waals surface area contributed by atoms with Crippen LogP contribution in [0.1, 0.15) is 41.3 Å². The van der Waals surface area contributed by atoms with Crippen molar-refractivity contribution in [1.82, 2.24) is 4.98 Å². The molecule has 5 nitrogen and oxygen atoms in total. The molecule has 0 saturated carbocycles. The first-order chi connectivity index (χ1) is 17.6. The summed E-state index contributed by atoms with van der Waals surface area (Å²) in [6.07, 6.45) is 6.50. The van der Waals surface area contributed by atoms with Crippen LogP contribution in [0.15, 0.2) is 77.4 Å². The van der Waals surface area contributed by atoms with Crippen molar-refractivity contribution in [2.75, 3.05) is 6.61 Å².